The number of rotatable bonds is 2. The highest BCUT2D eigenvalue weighted by Crippen LogP contribution is 2.35. The molecule has 76 valence electrons. The molecule has 2 aliphatic rings. The van der Waals surface area contributed by atoms with Crippen molar-refractivity contribution in [3.05, 3.63) is 0 Å². The third-order valence-electron chi connectivity index (χ3n) is 3.88. The Balaban J connectivity index is 1.90. The van der Waals surface area contributed by atoms with Crippen LogP contribution < -0.4 is 5.32 Å². The van der Waals surface area contributed by atoms with Crippen molar-refractivity contribution < 1.29 is 5.11 Å². The van der Waals surface area contributed by atoms with E-state index in [1.165, 1.54) is 32.1 Å². The first-order valence-corrected chi connectivity index (χ1v) is 5.73. The quantitative estimate of drug-likeness (QED) is 0.678. The summed E-state index contributed by atoms with van der Waals surface area (Å²) in [4.78, 5) is 0. The van der Waals surface area contributed by atoms with E-state index in [-0.39, 0.29) is 0 Å². The normalized spacial score (nSPS) is 36.7. The summed E-state index contributed by atoms with van der Waals surface area (Å²) in [7, 11) is 0. The van der Waals surface area contributed by atoms with Crippen molar-refractivity contribution in [2.75, 3.05) is 19.7 Å². The second-order valence-electron chi connectivity index (χ2n) is 4.66. The van der Waals surface area contributed by atoms with E-state index in [1.807, 2.05) is 0 Å². The average Bonchev–Trinajstić information content (AvgIpc) is 2.67. The van der Waals surface area contributed by atoms with Crippen molar-refractivity contribution in [2.45, 2.75) is 32.1 Å². The zero-order valence-electron chi connectivity index (χ0n) is 8.34. The molecule has 0 aromatic carbocycles. The highest BCUT2D eigenvalue weighted by atomic mass is 16.3. The van der Waals surface area contributed by atoms with Gasteiger partial charge in [-0.25, -0.2) is 0 Å². The zero-order chi connectivity index (χ0) is 9.10. The van der Waals surface area contributed by atoms with E-state index in [0.29, 0.717) is 12.5 Å². The summed E-state index contributed by atoms with van der Waals surface area (Å²) in [6.07, 6.45) is 7.07. The van der Waals surface area contributed by atoms with Gasteiger partial charge in [0.05, 0.1) is 0 Å². The summed E-state index contributed by atoms with van der Waals surface area (Å²) in [5.41, 5.74) is 0. The first-order valence-electron chi connectivity index (χ1n) is 5.73. The Kier molecular flexibility index (Phi) is 3.23. The van der Waals surface area contributed by atoms with Crippen LogP contribution in [0.5, 0.6) is 0 Å². The lowest BCUT2D eigenvalue weighted by Gasteiger charge is -2.30. The van der Waals surface area contributed by atoms with Gasteiger partial charge in [0.15, 0.2) is 0 Å². The van der Waals surface area contributed by atoms with Crippen LogP contribution in [0.4, 0.5) is 0 Å². The molecule has 1 saturated carbocycles. The van der Waals surface area contributed by atoms with E-state index in [9.17, 15) is 5.11 Å². The minimum absolute atomic E-state index is 0.383. The summed E-state index contributed by atoms with van der Waals surface area (Å²) in [6.45, 7) is 2.57. The van der Waals surface area contributed by atoms with Crippen molar-refractivity contribution in [1.82, 2.24) is 5.32 Å². The van der Waals surface area contributed by atoms with E-state index in [1.54, 1.807) is 0 Å². The van der Waals surface area contributed by atoms with Crippen LogP contribution in [0.15, 0.2) is 0 Å². The lowest BCUT2D eigenvalue weighted by atomic mass is 9.76. The molecule has 2 heteroatoms. The summed E-state index contributed by atoms with van der Waals surface area (Å²) < 4.78 is 0. The smallest absolute Gasteiger partial charge is 0.0474 e. The van der Waals surface area contributed by atoms with Gasteiger partial charge in [0.25, 0.3) is 0 Å². The Hall–Kier alpha value is -0.0800. The molecule has 1 aliphatic heterocycles. The SMILES string of the molecule is OC[C@H]1CNC[C@H]1C1CCCCC1. The van der Waals surface area contributed by atoms with Crippen molar-refractivity contribution in [3.63, 3.8) is 0 Å². The first-order chi connectivity index (χ1) is 6.42. The van der Waals surface area contributed by atoms with Gasteiger partial charge >= 0.3 is 0 Å². The second kappa shape index (κ2) is 4.43. The Morgan fingerprint density at radius 1 is 1.08 bits per heavy atom. The molecule has 2 nitrogen and oxygen atoms in total. The average molecular weight is 183 g/mol. The third-order valence-corrected chi connectivity index (χ3v) is 3.88. The Labute approximate surface area is 80.7 Å². The fourth-order valence-corrected chi connectivity index (χ4v) is 3.07. The summed E-state index contributed by atoms with van der Waals surface area (Å²) in [6, 6.07) is 0. The number of aliphatic hydroxyl groups is 1. The Bertz CT molecular complexity index is 154. The third kappa shape index (κ3) is 2.05. The molecule has 0 aromatic heterocycles. The molecular weight excluding hydrogens is 162 g/mol. The van der Waals surface area contributed by atoms with Crippen molar-refractivity contribution in [3.8, 4) is 0 Å². The molecule has 0 spiro atoms. The molecule has 2 rings (SSSR count). The minimum atomic E-state index is 0.383. The number of nitrogens with one attached hydrogen (secondary N) is 1. The Morgan fingerprint density at radius 2 is 1.85 bits per heavy atom. The van der Waals surface area contributed by atoms with Gasteiger partial charge in [-0.15, -0.1) is 0 Å². The topological polar surface area (TPSA) is 32.3 Å². The summed E-state index contributed by atoms with van der Waals surface area (Å²) >= 11 is 0. The number of aliphatic hydroxyl groups excluding tert-OH is 1. The highest BCUT2D eigenvalue weighted by Gasteiger charge is 2.33. The zero-order valence-corrected chi connectivity index (χ0v) is 8.34. The molecule has 2 N–H and O–H groups in total. The predicted octanol–water partition coefficient (Wildman–Crippen LogP) is 1.39. The van der Waals surface area contributed by atoms with Gasteiger partial charge in [-0.2, -0.15) is 0 Å². The maximum Gasteiger partial charge on any atom is 0.0474 e. The lowest BCUT2D eigenvalue weighted by molar-refractivity contribution is 0.150. The van der Waals surface area contributed by atoms with E-state index in [0.717, 1.165) is 24.9 Å². The van der Waals surface area contributed by atoms with Crippen LogP contribution in [-0.2, 0) is 0 Å². The van der Waals surface area contributed by atoms with E-state index in [2.05, 4.69) is 5.32 Å². The predicted molar refractivity (Wildman–Crippen MR) is 53.5 cm³/mol. The van der Waals surface area contributed by atoms with E-state index < -0.39 is 0 Å². The van der Waals surface area contributed by atoms with Crippen molar-refractivity contribution in [1.29, 1.82) is 0 Å². The molecule has 1 aliphatic carbocycles. The van der Waals surface area contributed by atoms with Gasteiger partial charge in [-0.1, -0.05) is 32.1 Å². The van der Waals surface area contributed by atoms with Crippen molar-refractivity contribution >= 4 is 0 Å². The van der Waals surface area contributed by atoms with Crippen LogP contribution in [0.3, 0.4) is 0 Å². The van der Waals surface area contributed by atoms with Gasteiger partial charge in [-0.05, 0) is 24.3 Å². The van der Waals surface area contributed by atoms with E-state index in [4.69, 9.17) is 0 Å². The minimum Gasteiger partial charge on any atom is -0.396 e. The molecule has 0 unspecified atom stereocenters. The fourth-order valence-electron chi connectivity index (χ4n) is 3.07. The molecule has 0 radical (unpaired) electrons. The first kappa shape index (κ1) is 9.47. The largest absolute Gasteiger partial charge is 0.396 e. The molecule has 1 saturated heterocycles. The second-order valence-corrected chi connectivity index (χ2v) is 4.66. The number of hydrogen-bond acceptors (Lipinski definition) is 2. The Morgan fingerprint density at radius 3 is 2.54 bits per heavy atom. The lowest BCUT2D eigenvalue weighted by Crippen LogP contribution is -2.26. The summed E-state index contributed by atoms with van der Waals surface area (Å²) in [5, 5.41) is 12.6. The standard InChI is InChI=1S/C11H21NO/c13-8-10-6-12-7-11(10)9-4-2-1-3-5-9/h9-13H,1-8H2/t10-,11+/m1/s1. The molecule has 1 heterocycles. The van der Waals surface area contributed by atoms with Crippen molar-refractivity contribution in [2.24, 2.45) is 17.8 Å². The van der Waals surface area contributed by atoms with Crippen LogP contribution >= 0.6 is 0 Å². The van der Waals surface area contributed by atoms with Crippen LogP contribution in [0.2, 0.25) is 0 Å². The number of hydrogen-bond donors (Lipinski definition) is 2. The molecular formula is C11H21NO. The van der Waals surface area contributed by atoms with E-state index >= 15 is 0 Å². The van der Waals surface area contributed by atoms with Gasteiger partial charge in [0.1, 0.15) is 0 Å². The monoisotopic (exact) mass is 183 g/mol. The van der Waals surface area contributed by atoms with Crippen LogP contribution in [-0.4, -0.2) is 24.8 Å². The van der Waals surface area contributed by atoms with Gasteiger partial charge in [-0.3, -0.25) is 0 Å². The molecule has 13 heavy (non-hydrogen) atoms. The molecule has 2 atom stereocenters. The van der Waals surface area contributed by atoms with Crippen LogP contribution in [0.1, 0.15) is 32.1 Å². The molecule has 2 fully saturated rings. The molecule has 0 aromatic rings. The van der Waals surface area contributed by atoms with Crippen LogP contribution in [0.25, 0.3) is 0 Å². The highest BCUT2D eigenvalue weighted by molar-refractivity contribution is 4.86. The van der Waals surface area contributed by atoms with Gasteiger partial charge in [0.2, 0.25) is 0 Å². The fraction of sp³-hybridized carbons (Fsp3) is 1.00. The maximum absolute atomic E-state index is 9.23. The van der Waals surface area contributed by atoms with Gasteiger partial charge in [0, 0.05) is 13.2 Å². The summed E-state index contributed by atoms with van der Waals surface area (Å²) in [5.74, 6) is 2.22. The maximum atomic E-state index is 9.23. The molecule has 0 bridgehead atoms. The van der Waals surface area contributed by atoms with Gasteiger partial charge < -0.3 is 10.4 Å². The molecule has 0 amide bonds. The van der Waals surface area contributed by atoms with Crippen LogP contribution in [0, 0.1) is 17.8 Å².